The van der Waals surface area contributed by atoms with E-state index in [1.54, 1.807) is 24.3 Å². The second-order valence-electron chi connectivity index (χ2n) is 2.45. The lowest BCUT2D eigenvalue weighted by Crippen LogP contribution is -2.27. The Bertz CT molecular complexity index is 302. The van der Waals surface area contributed by atoms with E-state index < -0.39 is 6.03 Å². The van der Waals surface area contributed by atoms with E-state index in [1.807, 2.05) is 0 Å². The molecule has 0 heterocycles. The number of urea groups is 1. The first kappa shape index (κ1) is 10.7. The average Bonchev–Trinajstić information content (AvgIpc) is 2.19. The van der Waals surface area contributed by atoms with Crippen molar-refractivity contribution in [2.45, 2.75) is 0 Å². The summed E-state index contributed by atoms with van der Waals surface area (Å²) in [7, 11) is 1.37. The van der Waals surface area contributed by atoms with Crippen LogP contribution in [0, 0.1) is 0 Å². The summed E-state index contributed by atoms with van der Waals surface area (Å²) < 4.78 is 2.67. The SMILES string of the molecule is CONC(=O)Nc1ccc(NS)cc1. The summed E-state index contributed by atoms with van der Waals surface area (Å²) >= 11 is 3.88. The van der Waals surface area contributed by atoms with Crippen molar-refractivity contribution in [3.63, 3.8) is 0 Å². The molecule has 0 bridgehead atoms. The largest absolute Gasteiger partial charge is 0.343 e. The Balaban J connectivity index is 2.55. The maximum absolute atomic E-state index is 11.0. The van der Waals surface area contributed by atoms with Crippen molar-refractivity contribution in [3.05, 3.63) is 24.3 Å². The number of thiol groups is 1. The molecule has 14 heavy (non-hydrogen) atoms. The maximum atomic E-state index is 11.0. The van der Waals surface area contributed by atoms with Crippen LogP contribution in [0.4, 0.5) is 16.2 Å². The van der Waals surface area contributed by atoms with Crippen molar-refractivity contribution in [3.8, 4) is 0 Å². The lowest BCUT2D eigenvalue weighted by molar-refractivity contribution is 0.114. The van der Waals surface area contributed by atoms with E-state index in [4.69, 9.17) is 0 Å². The number of anilines is 2. The third-order valence-electron chi connectivity index (χ3n) is 1.47. The topological polar surface area (TPSA) is 62.4 Å². The van der Waals surface area contributed by atoms with E-state index in [9.17, 15) is 4.79 Å². The summed E-state index contributed by atoms with van der Waals surface area (Å²) in [5.74, 6) is 0. The van der Waals surface area contributed by atoms with Crippen LogP contribution in [0.1, 0.15) is 0 Å². The molecular weight excluding hydrogens is 202 g/mol. The van der Waals surface area contributed by atoms with Crippen LogP contribution in [0.3, 0.4) is 0 Å². The number of benzene rings is 1. The third-order valence-corrected chi connectivity index (χ3v) is 1.72. The van der Waals surface area contributed by atoms with Crippen LogP contribution in [0.25, 0.3) is 0 Å². The van der Waals surface area contributed by atoms with E-state index >= 15 is 0 Å². The van der Waals surface area contributed by atoms with Crippen LogP contribution in [0.15, 0.2) is 24.3 Å². The molecule has 0 spiro atoms. The molecule has 76 valence electrons. The van der Waals surface area contributed by atoms with Gasteiger partial charge >= 0.3 is 6.03 Å². The Morgan fingerprint density at radius 1 is 1.29 bits per heavy atom. The Morgan fingerprint density at radius 2 is 1.86 bits per heavy atom. The summed E-state index contributed by atoms with van der Waals surface area (Å²) in [6.07, 6.45) is 0. The van der Waals surface area contributed by atoms with Crippen LogP contribution in [-0.4, -0.2) is 13.1 Å². The first-order chi connectivity index (χ1) is 6.76. The second kappa shape index (κ2) is 5.36. The molecule has 0 atom stereocenters. The maximum Gasteiger partial charge on any atom is 0.343 e. The molecule has 0 radical (unpaired) electrons. The van der Waals surface area contributed by atoms with Crippen LogP contribution in [0.2, 0.25) is 0 Å². The van der Waals surface area contributed by atoms with E-state index in [2.05, 4.69) is 33.2 Å². The van der Waals surface area contributed by atoms with Gasteiger partial charge in [0.05, 0.1) is 7.11 Å². The monoisotopic (exact) mass is 213 g/mol. The fraction of sp³-hybridized carbons (Fsp3) is 0.125. The average molecular weight is 213 g/mol. The highest BCUT2D eigenvalue weighted by molar-refractivity contribution is 7.81. The van der Waals surface area contributed by atoms with Crippen LogP contribution < -0.4 is 15.5 Å². The molecule has 3 N–H and O–H groups in total. The zero-order valence-electron chi connectivity index (χ0n) is 7.57. The zero-order chi connectivity index (χ0) is 10.4. The predicted octanol–water partition coefficient (Wildman–Crippen LogP) is 1.63. The molecule has 1 aromatic rings. The van der Waals surface area contributed by atoms with Crippen LogP contribution in [0.5, 0.6) is 0 Å². The standard InChI is InChI=1S/C8H11N3O2S/c1-13-10-8(12)9-6-2-4-7(11-14)5-3-6/h2-5,11,14H,1H3,(H2,9,10,12). The molecule has 0 saturated carbocycles. The van der Waals surface area contributed by atoms with Gasteiger partial charge in [-0.05, 0) is 24.3 Å². The number of nitrogens with one attached hydrogen (secondary N) is 3. The number of hydroxylamine groups is 1. The van der Waals surface area contributed by atoms with Gasteiger partial charge in [-0.2, -0.15) is 0 Å². The molecule has 0 fully saturated rings. The molecule has 2 amide bonds. The van der Waals surface area contributed by atoms with Gasteiger partial charge < -0.3 is 10.0 Å². The van der Waals surface area contributed by atoms with Crippen molar-refractivity contribution in [2.75, 3.05) is 17.1 Å². The van der Waals surface area contributed by atoms with Crippen molar-refractivity contribution in [2.24, 2.45) is 0 Å². The molecular formula is C8H11N3O2S. The predicted molar refractivity (Wildman–Crippen MR) is 58.2 cm³/mol. The van der Waals surface area contributed by atoms with Crippen molar-refractivity contribution in [1.82, 2.24) is 5.48 Å². The first-order valence-corrected chi connectivity index (χ1v) is 4.31. The fourth-order valence-electron chi connectivity index (χ4n) is 0.877. The summed E-state index contributed by atoms with van der Waals surface area (Å²) in [5, 5.41) is 2.57. The number of hydrogen-bond acceptors (Lipinski definition) is 4. The molecule has 1 rings (SSSR count). The first-order valence-electron chi connectivity index (χ1n) is 3.86. The molecule has 6 heteroatoms. The van der Waals surface area contributed by atoms with Gasteiger partial charge in [0.2, 0.25) is 0 Å². The quantitative estimate of drug-likeness (QED) is 0.456. The number of carbonyl (C=O) groups is 1. The van der Waals surface area contributed by atoms with Crippen molar-refractivity contribution >= 4 is 30.2 Å². The van der Waals surface area contributed by atoms with Gasteiger partial charge in [0, 0.05) is 11.4 Å². The fourth-order valence-corrected chi connectivity index (χ4v) is 1.03. The van der Waals surface area contributed by atoms with E-state index in [-0.39, 0.29) is 0 Å². The molecule has 0 unspecified atom stereocenters. The van der Waals surface area contributed by atoms with E-state index in [0.717, 1.165) is 5.69 Å². The Hall–Kier alpha value is -1.40. The Labute approximate surface area is 87.3 Å². The van der Waals surface area contributed by atoms with Gasteiger partial charge in [0.1, 0.15) is 0 Å². The van der Waals surface area contributed by atoms with Crippen molar-refractivity contribution in [1.29, 1.82) is 0 Å². The smallest absolute Gasteiger partial charge is 0.332 e. The normalized spacial score (nSPS) is 9.29. The lowest BCUT2D eigenvalue weighted by atomic mass is 10.3. The number of amides is 2. The molecule has 0 saturated heterocycles. The van der Waals surface area contributed by atoms with Crippen molar-refractivity contribution < 1.29 is 9.63 Å². The van der Waals surface area contributed by atoms with Gasteiger partial charge in [-0.1, -0.05) is 12.8 Å². The van der Waals surface area contributed by atoms with Gasteiger partial charge in [-0.3, -0.25) is 4.84 Å². The molecule has 0 aliphatic rings. The Morgan fingerprint density at radius 3 is 2.36 bits per heavy atom. The number of rotatable bonds is 3. The van der Waals surface area contributed by atoms with E-state index in [1.165, 1.54) is 7.11 Å². The van der Waals surface area contributed by atoms with Crippen LogP contribution in [-0.2, 0) is 4.84 Å². The lowest BCUT2D eigenvalue weighted by Gasteiger charge is -2.05. The number of hydrogen-bond donors (Lipinski definition) is 4. The van der Waals surface area contributed by atoms with Gasteiger partial charge in [0.25, 0.3) is 0 Å². The highest BCUT2D eigenvalue weighted by Gasteiger charge is 1.99. The molecule has 1 aromatic carbocycles. The molecule has 5 nitrogen and oxygen atoms in total. The molecule has 0 aliphatic heterocycles. The Kier molecular flexibility index (Phi) is 4.09. The summed E-state index contributed by atoms with van der Waals surface area (Å²) in [6, 6.07) is 6.64. The van der Waals surface area contributed by atoms with Gasteiger partial charge in [-0.15, -0.1) is 0 Å². The third kappa shape index (κ3) is 3.15. The highest BCUT2D eigenvalue weighted by Crippen LogP contribution is 2.13. The minimum absolute atomic E-state index is 0.418. The second-order valence-corrected chi connectivity index (χ2v) is 2.67. The summed E-state index contributed by atoms with van der Waals surface area (Å²) in [6.45, 7) is 0. The van der Waals surface area contributed by atoms with Gasteiger partial charge in [-0.25, -0.2) is 10.3 Å². The minimum atomic E-state index is -0.418. The summed E-state index contributed by atoms with van der Waals surface area (Å²) in [4.78, 5) is 15.4. The highest BCUT2D eigenvalue weighted by atomic mass is 32.1. The number of carbonyl (C=O) groups excluding carboxylic acids is 1. The summed E-state index contributed by atoms with van der Waals surface area (Å²) in [5.41, 5.74) is 3.67. The van der Waals surface area contributed by atoms with Crippen LogP contribution >= 0.6 is 12.8 Å². The minimum Gasteiger partial charge on any atom is -0.332 e. The van der Waals surface area contributed by atoms with E-state index in [0.29, 0.717) is 5.69 Å². The van der Waals surface area contributed by atoms with Gasteiger partial charge in [0.15, 0.2) is 0 Å². The molecule has 0 aromatic heterocycles. The zero-order valence-corrected chi connectivity index (χ0v) is 8.47. The molecule has 0 aliphatic carbocycles.